The quantitative estimate of drug-likeness (QED) is 0.875. The normalized spacial score (nSPS) is 11.2. The third-order valence-corrected chi connectivity index (χ3v) is 3.11. The van der Waals surface area contributed by atoms with Crippen molar-refractivity contribution in [3.05, 3.63) is 23.3 Å². The monoisotopic (exact) mass is 252 g/mol. The molecule has 1 N–H and O–H groups in total. The molecule has 100 valence electrons. The molecule has 4 heteroatoms. The SMILES string of the molecule is COc1cc(CC(C)(C)C(=O)O)c(C)c(OC)c1. The van der Waals surface area contributed by atoms with Crippen LogP contribution >= 0.6 is 0 Å². The van der Waals surface area contributed by atoms with Gasteiger partial charge in [0.2, 0.25) is 0 Å². The molecule has 0 amide bonds. The maximum Gasteiger partial charge on any atom is 0.309 e. The number of ether oxygens (including phenoxy) is 2. The number of aliphatic carboxylic acids is 1. The highest BCUT2D eigenvalue weighted by Gasteiger charge is 2.28. The lowest BCUT2D eigenvalue weighted by Gasteiger charge is -2.21. The van der Waals surface area contributed by atoms with Crippen LogP contribution in [0.4, 0.5) is 0 Å². The highest BCUT2D eigenvalue weighted by atomic mass is 16.5. The molecule has 0 atom stereocenters. The Balaban J connectivity index is 3.19. The molecule has 0 saturated heterocycles. The number of carbonyl (C=O) groups is 1. The van der Waals surface area contributed by atoms with E-state index in [1.54, 1.807) is 34.1 Å². The van der Waals surface area contributed by atoms with Gasteiger partial charge in [-0.05, 0) is 44.4 Å². The summed E-state index contributed by atoms with van der Waals surface area (Å²) in [7, 11) is 3.17. The van der Waals surface area contributed by atoms with E-state index in [1.165, 1.54) is 0 Å². The molecule has 0 bridgehead atoms. The predicted octanol–water partition coefficient (Wildman–Crippen LogP) is 2.67. The summed E-state index contributed by atoms with van der Waals surface area (Å²) in [5, 5.41) is 9.18. The van der Waals surface area contributed by atoms with E-state index in [1.807, 2.05) is 13.0 Å². The van der Waals surface area contributed by atoms with Crippen LogP contribution in [0.1, 0.15) is 25.0 Å². The third kappa shape index (κ3) is 2.94. The smallest absolute Gasteiger partial charge is 0.309 e. The van der Waals surface area contributed by atoms with Crippen molar-refractivity contribution in [3.8, 4) is 11.5 Å². The van der Waals surface area contributed by atoms with Gasteiger partial charge in [-0.25, -0.2) is 0 Å². The molecule has 0 fully saturated rings. The zero-order chi connectivity index (χ0) is 13.9. The van der Waals surface area contributed by atoms with Gasteiger partial charge in [-0.3, -0.25) is 4.79 Å². The fraction of sp³-hybridized carbons (Fsp3) is 0.500. The van der Waals surface area contributed by atoms with Crippen molar-refractivity contribution in [1.29, 1.82) is 0 Å². The Labute approximate surface area is 108 Å². The van der Waals surface area contributed by atoms with Crippen LogP contribution in [0, 0.1) is 12.3 Å². The van der Waals surface area contributed by atoms with Gasteiger partial charge in [0, 0.05) is 6.07 Å². The van der Waals surface area contributed by atoms with Crippen LogP contribution in [0.25, 0.3) is 0 Å². The molecule has 0 aromatic heterocycles. The molecule has 1 rings (SSSR count). The number of rotatable bonds is 5. The largest absolute Gasteiger partial charge is 0.497 e. The second kappa shape index (κ2) is 5.29. The summed E-state index contributed by atoms with van der Waals surface area (Å²) in [6.07, 6.45) is 0.432. The van der Waals surface area contributed by atoms with Crippen LogP contribution in [0.5, 0.6) is 11.5 Å². The zero-order valence-electron chi connectivity index (χ0n) is 11.5. The Morgan fingerprint density at radius 3 is 2.33 bits per heavy atom. The molecule has 0 unspecified atom stereocenters. The summed E-state index contributed by atoms with van der Waals surface area (Å²) in [5.74, 6) is 0.572. The second-order valence-electron chi connectivity index (χ2n) is 4.98. The molecule has 4 nitrogen and oxygen atoms in total. The van der Waals surface area contributed by atoms with Crippen molar-refractivity contribution in [3.63, 3.8) is 0 Å². The van der Waals surface area contributed by atoms with E-state index in [0.29, 0.717) is 17.9 Å². The van der Waals surface area contributed by atoms with E-state index >= 15 is 0 Å². The highest BCUT2D eigenvalue weighted by molar-refractivity contribution is 5.74. The van der Waals surface area contributed by atoms with Gasteiger partial charge < -0.3 is 14.6 Å². The maximum atomic E-state index is 11.2. The molecule has 0 aliphatic rings. The van der Waals surface area contributed by atoms with E-state index in [4.69, 9.17) is 9.47 Å². The van der Waals surface area contributed by atoms with Crippen molar-refractivity contribution in [2.24, 2.45) is 5.41 Å². The minimum Gasteiger partial charge on any atom is -0.497 e. The van der Waals surface area contributed by atoms with E-state index in [9.17, 15) is 9.90 Å². The first-order chi connectivity index (χ1) is 8.31. The molecule has 0 radical (unpaired) electrons. The standard InChI is InChI=1S/C14H20O4/c1-9-10(8-14(2,3)13(15)16)6-11(17-4)7-12(9)18-5/h6-7H,8H2,1-5H3,(H,15,16). The number of hydrogen-bond acceptors (Lipinski definition) is 3. The van der Waals surface area contributed by atoms with Gasteiger partial charge in [0.15, 0.2) is 0 Å². The molecular formula is C14H20O4. The lowest BCUT2D eigenvalue weighted by atomic mass is 9.84. The van der Waals surface area contributed by atoms with Gasteiger partial charge in [-0.2, -0.15) is 0 Å². The number of methoxy groups -OCH3 is 2. The van der Waals surface area contributed by atoms with Crippen molar-refractivity contribution in [2.75, 3.05) is 14.2 Å². The van der Waals surface area contributed by atoms with Gasteiger partial charge in [-0.1, -0.05) is 0 Å². The molecular weight excluding hydrogens is 232 g/mol. The molecule has 1 aromatic carbocycles. The van der Waals surface area contributed by atoms with Crippen LogP contribution in [-0.4, -0.2) is 25.3 Å². The van der Waals surface area contributed by atoms with Gasteiger partial charge >= 0.3 is 5.97 Å². The molecule has 18 heavy (non-hydrogen) atoms. The Hall–Kier alpha value is -1.71. The van der Waals surface area contributed by atoms with Crippen LogP contribution in [0.15, 0.2) is 12.1 Å². The van der Waals surface area contributed by atoms with Crippen LogP contribution in [0.3, 0.4) is 0 Å². The summed E-state index contributed by atoms with van der Waals surface area (Å²) in [6.45, 7) is 5.34. The minimum atomic E-state index is -0.817. The summed E-state index contributed by atoms with van der Waals surface area (Å²) in [5.41, 5.74) is 1.06. The van der Waals surface area contributed by atoms with Crippen molar-refractivity contribution in [2.45, 2.75) is 27.2 Å². The lowest BCUT2D eigenvalue weighted by Crippen LogP contribution is -2.26. The van der Waals surface area contributed by atoms with Gasteiger partial charge in [-0.15, -0.1) is 0 Å². The van der Waals surface area contributed by atoms with E-state index in [2.05, 4.69) is 0 Å². The average Bonchev–Trinajstić information content (AvgIpc) is 2.31. The van der Waals surface area contributed by atoms with Crippen molar-refractivity contribution < 1.29 is 19.4 Å². The van der Waals surface area contributed by atoms with E-state index < -0.39 is 11.4 Å². The Kier molecular flexibility index (Phi) is 4.22. The summed E-state index contributed by atoms with van der Waals surface area (Å²) >= 11 is 0. The lowest BCUT2D eigenvalue weighted by molar-refractivity contribution is -0.146. The van der Waals surface area contributed by atoms with Crippen LogP contribution in [-0.2, 0) is 11.2 Å². The molecule has 0 aliphatic carbocycles. The predicted molar refractivity (Wildman–Crippen MR) is 69.4 cm³/mol. The maximum absolute atomic E-state index is 11.2. The zero-order valence-corrected chi connectivity index (χ0v) is 11.5. The van der Waals surface area contributed by atoms with Crippen molar-refractivity contribution in [1.82, 2.24) is 0 Å². The third-order valence-electron chi connectivity index (χ3n) is 3.11. The fourth-order valence-electron chi connectivity index (χ4n) is 1.78. The second-order valence-corrected chi connectivity index (χ2v) is 4.98. The topological polar surface area (TPSA) is 55.8 Å². The van der Waals surface area contributed by atoms with Gasteiger partial charge in [0.25, 0.3) is 0 Å². The first-order valence-electron chi connectivity index (χ1n) is 5.76. The number of carboxylic acid groups (broad SMARTS) is 1. The highest BCUT2D eigenvalue weighted by Crippen LogP contribution is 2.32. The number of benzene rings is 1. The summed E-state index contributed by atoms with van der Waals surface area (Å²) in [6, 6.07) is 3.66. The Bertz CT molecular complexity index is 449. The van der Waals surface area contributed by atoms with Crippen LogP contribution < -0.4 is 9.47 Å². The summed E-state index contributed by atoms with van der Waals surface area (Å²) < 4.78 is 10.5. The Morgan fingerprint density at radius 1 is 1.28 bits per heavy atom. The van der Waals surface area contributed by atoms with Gasteiger partial charge in [0.05, 0.1) is 19.6 Å². The van der Waals surface area contributed by atoms with E-state index in [-0.39, 0.29) is 0 Å². The minimum absolute atomic E-state index is 0.432. The first kappa shape index (κ1) is 14.4. The molecule has 0 spiro atoms. The molecule has 0 heterocycles. The Morgan fingerprint density at radius 2 is 1.89 bits per heavy atom. The van der Waals surface area contributed by atoms with Crippen molar-refractivity contribution >= 4 is 5.97 Å². The average molecular weight is 252 g/mol. The molecule has 0 saturated carbocycles. The molecule has 0 aliphatic heterocycles. The van der Waals surface area contributed by atoms with Gasteiger partial charge in [0.1, 0.15) is 11.5 Å². The van der Waals surface area contributed by atoms with E-state index in [0.717, 1.165) is 11.1 Å². The first-order valence-corrected chi connectivity index (χ1v) is 5.76. The number of carboxylic acids is 1. The molecule has 1 aromatic rings. The summed E-state index contributed by atoms with van der Waals surface area (Å²) in [4.78, 5) is 11.2. The van der Waals surface area contributed by atoms with Crippen LogP contribution in [0.2, 0.25) is 0 Å². The number of hydrogen-bond donors (Lipinski definition) is 1. The fourth-order valence-corrected chi connectivity index (χ4v) is 1.78.